The minimum atomic E-state index is -2.35. The van der Waals surface area contributed by atoms with E-state index in [1.54, 1.807) is 38.1 Å². The molecular weight excluding hydrogens is 689 g/mol. The molecule has 50 heavy (non-hydrogen) atoms. The number of piperidine rings is 1. The quantitative estimate of drug-likeness (QED) is 0.256. The molecule has 0 aromatic heterocycles. The maximum Gasteiger partial charge on any atom is 0.354 e. The van der Waals surface area contributed by atoms with Crippen LogP contribution in [0.1, 0.15) is 36.8 Å². The van der Waals surface area contributed by atoms with E-state index in [1.165, 1.54) is 42.4 Å². The van der Waals surface area contributed by atoms with Gasteiger partial charge in [-0.05, 0) is 55.3 Å². The lowest BCUT2D eigenvalue weighted by molar-refractivity contribution is -0.179. The first-order chi connectivity index (χ1) is 24.0. The summed E-state index contributed by atoms with van der Waals surface area (Å²) in [6, 6.07) is 14.0. The second-order valence-corrected chi connectivity index (χ2v) is 12.6. The molecule has 0 unspecified atom stereocenters. The van der Waals surface area contributed by atoms with Gasteiger partial charge >= 0.3 is 23.9 Å². The molecule has 260 valence electrons. The number of nitriles is 2. The van der Waals surface area contributed by atoms with Crippen molar-refractivity contribution >= 4 is 47.1 Å². The first-order valence-corrected chi connectivity index (χ1v) is 16.4. The van der Waals surface area contributed by atoms with Gasteiger partial charge in [-0.15, -0.1) is 0 Å². The summed E-state index contributed by atoms with van der Waals surface area (Å²) in [6.07, 6.45) is 1.47. The van der Waals surface area contributed by atoms with E-state index in [-0.39, 0.29) is 24.5 Å². The maximum absolute atomic E-state index is 14.7. The van der Waals surface area contributed by atoms with E-state index < -0.39 is 75.8 Å². The Kier molecular flexibility index (Phi) is 10.2. The van der Waals surface area contributed by atoms with E-state index >= 15 is 0 Å². The van der Waals surface area contributed by atoms with Gasteiger partial charge < -0.3 is 28.6 Å². The minimum absolute atomic E-state index is 0.103. The van der Waals surface area contributed by atoms with Crippen LogP contribution in [0.25, 0.3) is 0 Å². The van der Waals surface area contributed by atoms with Crippen LogP contribution in [-0.4, -0.2) is 75.4 Å². The number of carbonyl (C=O) groups excluding carboxylic acids is 4. The molecule has 1 fully saturated rings. The number of methoxy groups -OCH3 is 3. The van der Waals surface area contributed by atoms with E-state index in [4.69, 9.17) is 46.9 Å². The monoisotopic (exact) mass is 721 g/mol. The summed E-state index contributed by atoms with van der Waals surface area (Å²) < 4.78 is 27.6. The average molecular weight is 723 g/mol. The fraction of sp³-hybridized carbons (Fsp3) is 0.389. The van der Waals surface area contributed by atoms with Gasteiger partial charge in [-0.3, -0.25) is 9.59 Å². The molecule has 0 radical (unpaired) electrons. The van der Waals surface area contributed by atoms with Crippen LogP contribution in [0, 0.1) is 39.4 Å². The molecule has 0 N–H and O–H groups in total. The summed E-state index contributed by atoms with van der Waals surface area (Å²) in [5.41, 5.74) is -4.66. The fourth-order valence-corrected chi connectivity index (χ4v) is 8.13. The summed E-state index contributed by atoms with van der Waals surface area (Å²) >= 11 is 12.5. The first-order valence-electron chi connectivity index (χ1n) is 15.6. The van der Waals surface area contributed by atoms with Gasteiger partial charge in [0.15, 0.2) is 10.8 Å². The van der Waals surface area contributed by atoms with Crippen molar-refractivity contribution in [3.05, 3.63) is 92.8 Å². The molecule has 0 spiro atoms. The lowest BCUT2D eigenvalue weighted by atomic mass is 9.47. The zero-order valence-corrected chi connectivity index (χ0v) is 29.3. The topological polar surface area (TPSA) is 165 Å². The Labute approximate surface area is 298 Å². The van der Waals surface area contributed by atoms with Gasteiger partial charge in [0.05, 0.1) is 76.0 Å². The molecular formula is C36H33Cl2N3O9. The van der Waals surface area contributed by atoms with Gasteiger partial charge in [0.1, 0.15) is 5.70 Å². The Hall–Kier alpha value is -5.04. The number of benzene rings is 2. The van der Waals surface area contributed by atoms with E-state index in [9.17, 15) is 29.7 Å². The third-order valence-corrected chi connectivity index (χ3v) is 10.2. The largest absolute Gasteiger partial charge is 0.501 e. The summed E-state index contributed by atoms with van der Waals surface area (Å²) in [4.78, 5) is 58.3. The highest BCUT2D eigenvalue weighted by atomic mass is 35.5. The van der Waals surface area contributed by atoms with Crippen LogP contribution in [0.5, 0.6) is 0 Å². The Morgan fingerprint density at radius 3 is 1.74 bits per heavy atom. The molecule has 1 saturated heterocycles. The van der Waals surface area contributed by atoms with Crippen molar-refractivity contribution in [2.45, 2.75) is 37.8 Å². The molecule has 2 aromatic carbocycles. The van der Waals surface area contributed by atoms with Crippen molar-refractivity contribution < 1.29 is 42.9 Å². The highest BCUT2D eigenvalue weighted by molar-refractivity contribution is 6.30. The van der Waals surface area contributed by atoms with Crippen LogP contribution >= 0.6 is 23.2 Å². The van der Waals surface area contributed by atoms with Gasteiger partial charge in [-0.25, -0.2) is 9.59 Å². The molecule has 2 aromatic rings. The molecule has 6 rings (SSSR count). The molecule has 0 amide bonds. The molecule has 12 nitrogen and oxygen atoms in total. The number of nitrogens with zero attached hydrogens (tertiary/aromatic N) is 3. The van der Waals surface area contributed by atoms with Crippen molar-refractivity contribution in [1.82, 2.24) is 4.90 Å². The molecule has 1 aliphatic carbocycles. The number of carbonyl (C=O) groups is 4. The van der Waals surface area contributed by atoms with Crippen molar-refractivity contribution in [2.75, 3.05) is 34.5 Å². The number of hydrogen-bond acceptors (Lipinski definition) is 12. The predicted molar refractivity (Wildman–Crippen MR) is 177 cm³/mol. The summed E-state index contributed by atoms with van der Waals surface area (Å²) in [5, 5.41) is 23.3. The molecule has 3 aliphatic heterocycles. The Bertz CT molecular complexity index is 1860. The first kappa shape index (κ1) is 36.2. The summed E-state index contributed by atoms with van der Waals surface area (Å²) in [5.74, 6) is -7.75. The average Bonchev–Trinajstić information content (AvgIpc) is 3.13. The van der Waals surface area contributed by atoms with Crippen LogP contribution < -0.4 is 0 Å². The van der Waals surface area contributed by atoms with Gasteiger partial charge in [0.2, 0.25) is 0 Å². The van der Waals surface area contributed by atoms with Crippen LogP contribution in [0.3, 0.4) is 0 Å². The Morgan fingerprint density at radius 1 is 0.780 bits per heavy atom. The zero-order valence-electron chi connectivity index (χ0n) is 27.8. The summed E-state index contributed by atoms with van der Waals surface area (Å²) in [7, 11) is 3.54. The highest BCUT2D eigenvalue weighted by Gasteiger charge is 2.76. The number of esters is 4. The second-order valence-electron chi connectivity index (χ2n) is 11.8. The number of rotatable bonds is 9. The molecule has 14 heteroatoms. The van der Waals surface area contributed by atoms with E-state index in [0.717, 1.165) is 14.2 Å². The lowest BCUT2D eigenvalue weighted by Crippen LogP contribution is -2.75. The van der Waals surface area contributed by atoms with Gasteiger partial charge in [-0.2, -0.15) is 10.5 Å². The van der Waals surface area contributed by atoms with Crippen molar-refractivity contribution in [3.8, 4) is 12.1 Å². The highest BCUT2D eigenvalue weighted by Crippen LogP contribution is 2.67. The second kappa shape index (κ2) is 14.1. The number of halogens is 2. The molecule has 7 atom stereocenters. The van der Waals surface area contributed by atoms with Gasteiger partial charge in [0, 0.05) is 21.9 Å². The van der Waals surface area contributed by atoms with Crippen molar-refractivity contribution in [3.63, 3.8) is 0 Å². The SMILES string of the molecule is CCOC(=O)[C@@]1(C#N)[C@@H]2[C@@H]3C(OC)=C[C@H](N2C(C(=O)OC)=C(C(=O)OC)[C@H]1c1ccc(Cl)cc1)[C@](C#N)(C(=O)OCC)[C@H]3c1ccc(Cl)cc1. The van der Waals surface area contributed by atoms with Gasteiger partial charge in [-0.1, -0.05) is 47.5 Å². The third kappa shape index (κ3) is 5.17. The van der Waals surface area contributed by atoms with Crippen LogP contribution in [0.15, 0.2) is 71.6 Å². The summed E-state index contributed by atoms with van der Waals surface area (Å²) in [6.45, 7) is 2.88. The van der Waals surface area contributed by atoms with E-state index in [2.05, 4.69) is 12.1 Å². The van der Waals surface area contributed by atoms with Crippen molar-refractivity contribution in [1.29, 1.82) is 10.5 Å². The van der Waals surface area contributed by atoms with Crippen LogP contribution in [0.2, 0.25) is 10.0 Å². The Morgan fingerprint density at radius 2 is 1.28 bits per heavy atom. The number of hydrogen-bond donors (Lipinski definition) is 0. The molecule has 3 heterocycles. The standard InChI is InChI=1S/C36H33Cl2N3O9/c1-6-49-33(44)35(17-39)24-16-23(46-3)25(27(35)19-8-12-21(37)13-9-19)30-36(18-40,34(45)50-7-2)28(20-10-14-22(38)15-11-20)26(31(42)47-4)29(41(24)30)32(43)48-5/h8-16,24-25,27-28,30H,6-7H2,1-5H3/t24-,25+,27-,28+,30-,35-,36+/m0/s1. The van der Waals surface area contributed by atoms with Crippen LogP contribution in [-0.2, 0) is 42.9 Å². The smallest absolute Gasteiger partial charge is 0.354 e. The van der Waals surface area contributed by atoms with Gasteiger partial charge in [0.25, 0.3) is 0 Å². The fourth-order valence-electron chi connectivity index (χ4n) is 7.88. The lowest BCUT2D eigenvalue weighted by Gasteiger charge is -2.64. The molecule has 2 bridgehead atoms. The zero-order chi connectivity index (χ0) is 36.5. The molecule has 0 saturated carbocycles. The minimum Gasteiger partial charge on any atom is -0.501 e. The number of ether oxygens (including phenoxy) is 5. The molecule has 4 aliphatic rings. The van der Waals surface area contributed by atoms with E-state index in [0.29, 0.717) is 15.6 Å². The normalized spacial score (nSPS) is 27.9. The third-order valence-electron chi connectivity index (χ3n) is 9.68. The van der Waals surface area contributed by atoms with Crippen molar-refractivity contribution in [2.24, 2.45) is 16.7 Å². The number of fused-ring (bicyclic) bond motifs is 1. The maximum atomic E-state index is 14.7. The van der Waals surface area contributed by atoms with Crippen LogP contribution in [0.4, 0.5) is 0 Å². The predicted octanol–water partition coefficient (Wildman–Crippen LogP) is 4.83. The Balaban J connectivity index is 2.05. The van der Waals surface area contributed by atoms with E-state index in [1.807, 2.05) is 0 Å².